The number of phenolic OH excluding ortho intramolecular Hbond substituents is 1. The van der Waals surface area contributed by atoms with Gasteiger partial charge in [-0.1, -0.05) is 12.1 Å². The molecule has 1 amide bonds. The summed E-state index contributed by atoms with van der Waals surface area (Å²) in [5.74, 6) is -1.22. The Hall–Kier alpha value is -2.04. The summed E-state index contributed by atoms with van der Waals surface area (Å²) < 4.78 is 5.07. The Morgan fingerprint density at radius 3 is 2.45 bits per heavy atom. The zero-order valence-electron chi connectivity index (χ0n) is 12.5. The van der Waals surface area contributed by atoms with Gasteiger partial charge in [0.1, 0.15) is 11.3 Å². The van der Waals surface area contributed by atoms with Crippen LogP contribution in [0.15, 0.2) is 18.2 Å². The van der Waals surface area contributed by atoms with Crippen molar-refractivity contribution in [2.45, 2.75) is 46.3 Å². The van der Waals surface area contributed by atoms with Gasteiger partial charge in [-0.2, -0.15) is 0 Å². The second-order valence-corrected chi connectivity index (χ2v) is 5.76. The number of amides is 1. The Balaban J connectivity index is 2.76. The molecule has 0 saturated carbocycles. The number of ether oxygens (including phenoxy) is 1. The van der Waals surface area contributed by atoms with E-state index in [-0.39, 0.29) is 17.2 Å². The average Bonchev–Trinajstić information content (AvgIpc) is 2.30. The van der Waals surface area contributed by atoms with Gasteiger partial charge in [0.25, 0.3) is 5.91 Å². The van der Waals surface area contributed by atoms with Gasteiger partial charge in [0, 0.05) is 5.54 Å². The van der Waals surface area contributed by atoms with E-state index in [9.17, 15) is 14.7 Å². The number of carbonyl (C=O) groups excluding carboxylic acids is 2. The fourth-order valence-electron chi connectivity index (χ4n) is 1.57. The summed E-state index contributed by atoms with van der Waals surface area (Å²) in [4.78, 5) is 23.8. The van der Waals surface area contributed by atoms with E-state index in [2.05, 4.69) is 5.32 Å². The summed E-state index contributed by atoms with van der Waals surface area (Å²) in [5, 5.41) is 12.5. The fourth-order valence-corrected chi connectivity index (χ4v) is 1.57. The molecule has 1 aromatic rings. The summed E-state index contributed by atoms with van der Waals surface area (Å²) in [6.07, 6.45) is -0.929. The van der Waals surface area contributed by atoms with Gasteiger partial charge in [-0.05, 0) is 46.2 Å². The molecule has 0 spiro atoms. The lowest BCUT2D eigenvalue weighted by atomic mass is 10.1. The quantitative estimate of drug-likeness (QED) is 0.831. The number of hydrogen-bond donors (Lipinski definition) is 2. The highest BCUT2D eigenvalue weighted by Crippen LogP contribution is 2.22. The molecule has 0 bridgehead atoms. The van der Waals surface area contributed by atoms with Crippen molar-refractivity contribution in [3.8, 4) is 5.75 Å². The van der Waals surface area contributed by atoms with E-state index in [1.54, 1.807) is 19.1 Å². The summed E-state index contributed by atoms with van der Waals surface area (Å²) in [7, 11) is 0. The molecule has 0 saturated heterocycles. The minimum absolute atomic E-state index is 0.0559. The molecular weight excluding hydrogens is 258 g/mol. The Morgan fingerprint density at radius 2 is 1.90 bits per heavy atom. The van der Waals surface area contributed by atoms with Crippen molar-refractivity contribution in [3.05, 3.63) is 29.3 Å². The number of esters is 1. The monoisotopic (exact) mass is 279 g/mol. The van der Waals surface area contributed by atoms with E-state index in [1.165, 1.54) is 13.0 Å². The largest absolute Gasteiger partial charge is 0.507 e. The molecule has 1 unspecified atom stereocenters. The van der Waals surface area contributed by atoms with Crippen molar-refractivity contribution in [3.63, 3.8) is 0 Å². The molecule has 5 heteroatoms. The SMILES string of the molecule is Cc1cccc(C(=O)OC(C)C(=O)NC(C)(C)C)c1O. The minimum atomic E-state index is -0.929. The Kier molecular flexibility index (Phi) is 4.76. The van der Waals surface area contributed by atoms with E-state index in [4.69, 9.17) is 4.74 Å². The number of para-hydroxylation sites is 1. The first-order valence-corrected chi connectivity index (χ1v) is 6.43. The van der Waals surface area contributed by atoms with Crippen LogP contribution in [0.25, 0.3) is 0 Å². The minimum Gasteiger partial charge on any atom is -0.507 e. The van der Waals surface area contributed by atoms with Gasteiger partial charge in [-0.3, -0.25) is 4.79 Å². The second-order valence-electron chi connectivity index (χ2n) is 5.76. The standard InChI is InChI=1S/C15H21NO4/c1-9-7-6-8-11(12(9)17)14(19)20-10(2)13(18)16-15(3,4)5/h6-8,10,17H,1-5H3,(H,16,18). The molecule has 1 aromatic carbocycles. The van der Waals surface area contributed by atoms with Crippen LogP contribution < -0.4 is 5.32 Å². The van der Waals surface area contributed by atoms with Gasteiger partial charge < -0.3 is 15.2 Å². The van der Waals surface area contributed by atoms with Crippen molar-refractivity contribution >= 4 is 11.9 Å². The van der Waals surface area contributed by atoms with Crippen molar-refractivity contribution in [1.29, 1.82) is 0 Å². The van der Waals surface area contributed by atoms with Gasteiger partial charge in [-0.15, -0.1) is 0 Å². The predicted octanol–water partition coefficient (Wildman–Crippen LogP) is 2.16. The molecule has 0 aliphatic rings. The average molecular weight is 279 g/mol. The van der Waals surface area contributed by atoms with E-state index in [0.29, 0.717) is 5.56 Å². The van der Waals surface area contributed by atoms with E-state index in [0.717, 1.165) is 0 Å². The number of hydrogen-bond acceptors (Lipinski definition) is 4. The van der Waals surface area contributed by atoms with E-state index < -0.39 is 17.6 Å². The molecule has 1 atom stereocenters. The smallest absolute Gasteiger partial charge is 0.342 e. The maximum absolute atomic E-state index is 11.9. The van der Waals surface area contributed by atoms with Crippen LogP contribution in [0.3, 0.4) is 0 Å². The lowest BCUT2D eigenvalue weighted by molar-refractivity contribution is -0.130. The molecule has 0 aliphatic carbocycles. The molecule has 0 heterocycles. The molecule has 0 radical (unpaired) electrons. The lowest BCUT2D eigenvalue weighted by Crippen LogP contribution is -2.46. The zero-order valence-corrected chi connectivity index (χ0v) is 12.5. The van der Waals surface area contributed by atoms with Crippen molar-refractivity contribution in [2.24, 2.45) is 0 Å². The molecule has 5 nitrogen and oxygen atoms in total. The lowest BCUT2D eigenvalue weighted by Gasteiger charge is -2.23. The van der Waals surface area contributed by atoms with Crippen LogP contribution in [0.1, 0.15) is 43.6 Å². The van der Waals surface area contributed by atoms with Crippen LogP contribution in [-0.4, -0.2) is 28.6 Å². The molecule has 2 N–H and O–H groups in total. The predicted molar refractivity (Wildman–Crippen MR) is 75.6 cm³/mol. The highest BCUT2D eigenvalue weighted by molar-refractivity contribution is 5.95. The molecule has 0 fully saturated rings. The number of phenols is 1. The molecule has 0 aliphatic heterocycles. The number of aromatic hydroxyl groups is 1. The number of carbonyl (C=O) groups is 2. The first kappa shape index (κ1) is 16.0. The van der Waals surface area contributed by atoms with Crippen LogP contribution in [0.4, 0.5) is 0 Å². The van der Waals surface area contributed by atoms with Gasteiger partial charge in [0.2, 0.25) is 0 Å². The molecule has 20 heavy (non-hydrogen) atoms. The third kappa shape index (κ3) is 4.26. The van der Waals surface area contributed by atoms with Gasteiger partial charge in [-0.25, -0.2) is 4.79 Å². The van der Waals surface area contributed by atoms with Crippen molar-refractivity contribution < 1.29 is 19.4 Å². The van der Waals surface area contributed by atoms with Gasteiger partial charge >= 0.3 is 5.97 Å². The van der Waals surface area contributed by atoms with Crippen molar-refractivity contribution in [2.75, 3.05) is 0 Å². The van der Waals surface area contributed by atoms with Crippen LogP contribution >= 0.6 is 0 Å². The second kappa shape index (κ2) is 5.94. The summed E-state index contributed by atoms with van der Waals surface area (Å²) in [5.41, 5.74) is 0.232. The molecule has 0 aromatic heterocycles. The maximum Gasteiger partial charge on any atom is 0.342 e. The van der Waals surface area contributed by atoms with Crippen LogP contribution in [0, 0.1) is 6.92 Å². The highest BCUT2D eigenvalue weighted by atomic mass is 16.5. The highest BCUT2D eigenvalue weighted by Gasteiger charge is 2.24. The molecular formula is C15H21NO4. The number of benzene rings is 1. The maximum atomic E-state index is 11.9. The van der Waals surface area contributed by atoms with Crippen LogP contribution in [-0.2, 0) is 9.53 Å². The first-order valence-electron chi connectivity index (χ1n) is 6.43. The number of rotatable bonds is 3. The van der Waals surface area contributed by atoms with Gasteiger partial charge in [0.05, 0.1) is 0 Å². The third-order valence-electron chi connectivity index (χ3n) is 2.61. The fraction of sp³-hybridized carbons (Fsp3) is 0.467. The van der Waals surface area contributed by atoms with Crippen LogP contribution in [0.5, 0.6) is 5.75 Å². The third-order valence-corrected chi connectivity index (χ3v) is 2.61. The molecule has 1 rings (SSSR count). The Bertz CT molecular complexity index is 517. The van der Waals surface area contributed by atoms with Crippen LogP contribution in [0.2, 0.25) is 0 Å². The van der Waals surface area contributed by atoms with E-state index >= 15 is 0 Å². The molecule has 110 valence electrons. The Morgan fingerprint density at radius 1 is 1.30 bits per heavy atom. The van der Waals surface area contributed by atoms with Gasteiger partial charge in [0.15, 0.2) is 6.10 Å². The zero-order chi connectivity index (χ0) is 15.5. The summed E-state index contributed by atoms with van der Waals surface area (Å²) in [6, 6.07) is 4.78. The number of nitrogens with one attached hydrogen (secondary N) is 1. The number of aryl methyl sites for hydroxylation is 1. The topological polar surface area (TPSA) is 75.6 Å². The van der Waals surface area contributed by atoms with E-state index in [1.807, 2.05) is 20.8 Å². The first-order chi connectivity index (χ1) is 9.11. The summed E-state index contributed by atoms with van der Waals surface area (Å²) >= 11 is 0. The van der Waals surface area contributed by atoms with Crippen molar-refractivity contribution in [1.82, 2.24) is 5.32 Å². The summed E-state index contributed by atoms with van der Waals surface area (Å²) in [6.45, 7) is 8.69. The normalized spacial score (nSPS) is 12.7. The Labute approximate surface area is 118 Å².